The molecule has 0 aromatic heterocycles. The molecule has 0 fully saturated rings. The second-order valence-electron chi connectivity index (χ2n) is 6.29. The van der Waals surface area contributed by atoms with Crippen LogP contribution in [-0.4, -0.2) is 35.6 Å². The van der Waals surface area contributed by atoms with Crippen molar-refractivity contribution in [3.05, 3.63) is 35.4 Å². The minimum absolute atomic E-state index is 0.0204. The van der Waals surface area contributed by atoms with E-state index >= 15 is 0 Å². The van der Waals surface area contributed by atoms with Crippen LogP contribution in [-0.2, 0) is 4.79 Å². The summed E-state index contributed by atoms with van der Waals surface area (Å²) in [4.78, 5) is 24.8. The average Bonchev–Trinajstić information content (AvgIpc) is 2.50. The normalized spacial score (nSPS) is 13.5. The van der Waals surface area contributed by atoms with Crippen molar-refractivity contribution < 1.29 is 14.7 Å². The van der Waals surface area contributed by atoms with Crippen LogP contribution in [0, 0.1) is 12.8 Å². The van der Waals surface area contributed by atoms with E-state index in [0.717, 1.165) is 5.56 Å². The molecule has 23 heavy (non-hydrogen) atoms. The standard InChI is InChI=1S/C18H28N2O3/c1-12(2)16(18(23)19-14(4)9-7-11-21)20-17(22)15-10-6-5-8-13(15)3/h5-6,8,10,12,14,16,21H,7,9,11H2,1-4H3,(H,19,23)(H,20,22). The summed E-state index contributed by atoms with van der Waals surface area (Å²) < 4.78 is 0. The van der Waals surface area contributed by atoms with Crippen molar-refractivity contribution in [1.29, 1.82) is 0 Å². The SMILES string of the molecule is Cc1ccccc1C(=O)NC(C(=O)NC(C)CCCO)C(C)C. The third kappa shape index (κ3) is 6.02. The van der Waals surface area contributed by atoms with Crippen LogP contribution in [0.4, 0.5) is 0 Å². The maximum Gasteiger partial charge on any atom is 0.252 e. The van der Waals surface area contributed by atoms with Crippen LogP contribution in [0.3, 0.4) is 0 Å². The Kier molecular flexibility index (Phi) is 7.75. The Morgan fingerprint density at radius 3 is 2.35 bits per heavy atom. The number of hydrogen-bond acceptors (Lipinski definition) is 3. The third-order valence-corrected chi connectivity index (χ3v) is 3.81. The van der Waals surface area contributed by atoms with Gasteiger partial charge in [-0.2, -0.15) is 0 Å². The summed E-state index contributed by atoms with van der Waals surface area (Å²) in [7, 11) is 0. The number of benzene rings is 1. The molecule has 1 aromatic carbocycles. The molecule has 0 heterocycles. The van der Waals surface area contributed by atoms with E-state index in [2.05, 4.69) is 10.6 Å². The average molecular weight is 320 g/mol. The van der Waals surface area contributed by atoms with Crippen molar-refractivity contribution >= 4 is 11.8 Å². The highest BCUT2D eigenvalue weighted by Crippen LogP contribution is 2.10. The van der Waals surface area contributed by atoms with Crippen LogP contribution in [0.1, 0.15) is 49.5 Å². The molecule has 0 saturated heterocycles. The van der Waals surface area contributed by atoms with Crippen LogP contribution in [0.2, 0.25) is 0 Å². The zero-order valence-corrected chi connectivity index (χ0v) is 14.4. The first-order chi connectivity index (χ1) is 10.9. The van der Waals surface area contributed by atoms with Gasteiger partial charge in [0.2, 0.25) is 5.91 Å². The number of hydrogen-bond donors (Lipinski definition) is 3. The molecule has 0 aliphatic rings. The largest absolute Gasteiger partial charge is 0.396 e. The Hall–Kier alpha value is -1.88. The van der Waals surface area contributed by atoms with E-state index in [4.69, 9.17) is 5.11 Å². The quantitative estimate of drug-likeness (QED) is 0.686. The molecule has 5 nitrogen and oxygen atoms in total. The maximum absolute atomic E-state index is 12.4. The predicted octanol–water partition coefficient (Wildman–Crippen LogP) is 2.03. The summed E-state index contributed by atoms with van der Waals surface area (Å²) in [5.41, 5.74) is 1.46. The lowest BCUT2D eigenvalue weighted by molar-refractivity contribution is -0.124. The van der Waals surface area contributed by atoms with Gasteiger partial charge in [0.05, 0.1) is 0 Å². The van der Waals surface area contributed by atoms with Gasteiger partial charge in [-0.25, -0.2) is 0 Å². The minimum atomic E-state index is -0.585. The number of rotatable bonds is 8. The molecule has 0 aliphatic carbocycles. The smallest absolute Gasteiger partial charge is 0.252 e. The summed E-state index contributed by atoms with van der Waals surface area (Å²) in [5.74, 6) is -0.444. The van der Waals surface area contributed by atoms with Gasteiger partial charge in [0.15, 0.2) is 0 Å². The van der Waals surface area contributed by atoms with Gasteiger partial charge in [-0.05, 0) is 44.2 Å². The monoisotopic (exact) mass is 320 g/mol. The summed E-state index contributed by atoms with van der Waals surface area (Å²) in [6.45, 7) is 7.68. The van der Waals surface area contributed by atoms with Gasteiger partial charge >= 0.3 is 0 Å². The molecule has 3 N–H and O–H groups in total. The Morgan fingerprint density at radius 2 is 1.78 bits per heavy atom. The lowest BCUT2D eigenvalue weighted by Gasteiger charge is -2.24. The van der Waals surface area contributed by atoms with E-state index in [9.17, 15) is 9.59 Å². The molecule has 2 unspecified atom stereocenters. The first kappa shape index (κ1) is 19.2. The summed E-state index contributed by atoms with van der Waals surface area (Å²) >= 11 is 0. The van der Waals surface area contributed by atoms with E-state index in [1.54, 1.807) is 6.07 Å². The second kappa shape index (κ2) is 9.30. The first-order valence-electron chi connectivity index (χ1n) is 8.14. The molecular weight excluding hydrogens is 292 g/mol. The molecule has 2 amide bonds. The molecule has 0 radical (unpaired) electrons. The summed E-state index contributed by atoms with van der Waals surface area (Å²) in [5, 5.41) is 14.6. The van der Waals surface area contributed by atoms with Gasteiger partial charge in [0.25, 0.3) is 5.91 Å². The number of aliphatic hydroxyl groups is 1. The lowest BCUT2D eigenvalue weighted by atomic mass is 10.0. The van der Waals surface area contributed by atoms with E-state index in [1.807, 2.05) is 45.9 Å². The molecular formula is C18H28N2O3. The zero-order chi connectivity index (χ0) is 17.4. The Labute approximate surface area is 138 Å². The van der Waals surface area contributed by atoms with Crippen LogP contribution in [0.5, 0.6) is 0 Å². The number of aryl methyl sites for hydroxylation is 1. The Balaban J connectivity index is 2.73. The number of aliphatic hydroxyl groups excluding tert-OH is 1. The van der Waals surface area contributed by atoms with Crippen molar-refractivity contribution in [3.8, 4) is 0 Å². The topological polar surface area (TPSA) is 78.4 Å². The molecule has 0 spiro atoms. The molecule has 0 bridgehead atoms. The molecule has 1 aromatic rings. The lowest BCUT2D eigenvalue weighted by Crippen LogP contribution is -2.51. The van der Waals surface area contributed by atoms with E-state index in [1.165, 1.54) is 0 Å². The van der Waals surface area contributed by atoms with Crippen molar-refractivity contribution in [2.24, 2.45) is 5.92 Å². The number of carbonyl (C=O) groups excluding carboxylic acids is 2. The van der Waals surface area contributed by atoms with E-state index < -0.39 is 6.04 Å². The van der Waals surface area contributed by atoms with E-state index in [0.29, 0.717) is 18.4 Å². The number of nitrogens with one attached hydrogen (secondary N) is 2. The summed E-state index contributed by atoms with van der Waals surface area (Å²) in [6.07, 6.45) is 1.35. The van der Waals surface area contributed by atoms with Crippen LogP contribution >= 0.6 is 0 Å². The van der Waals surface area contributed by atoms with Crippen LogP contribution in [0.15, 0.2) is 24.3 Å². The Bertz CT molecular complexity index is 529. The van der Waals surface area contributed by atoms with Gasteiger partial charge < -0.3 is 15.7 Å². The second-order valence-corrected chi connectivity index (χ2v) is 6.29. The molecule has 1 rings (SSSR count). The zero-order valence-electron chi connectivity index (χ0n) is 14.4. The van der Waals surface area contributed by atoms with Crippen LogP contribution in [0.25, 0.3) is 0 Å². The molecule has 128 valence electrons. The fourth-order valence-electron chi connectivity index (χ4n) is 2.38. The third-order valence-electron chi connectivity index (χ3n) is 3.81. The molecule has 0 saturated carbocycles. The number of amides is 2. The highest BCUT2D eigenvalue weighted by Gasteiger charge is 2.25. The van der Waals surface area contributed by atoms with Crippen molar-refractivity contribution in [1.82, 2.24) is 10.6 Å². The highest BCUT2D eigenvalue weighted by molar-refractivity contribution is 5.98. The maximum atomic E-state index is 12.4. The molecule has 2 atom stereocenters. The first-order valence-corrected chi connectivity index (χ1v) is 8.14. The summed E-state index contributed by atoms with van der Waals surface area (Å²) in [6, 6.07) is 6.69. The van der Waals surface area contributed by atoms with E-state index in [-0.39, 0.29) is 30.4 Å². The fraction of sp³-hybridized carbons (Fsp3) is 0.556. The predicted molar refractivity (Wildman–Crippen MR) is 91.2 cm³/mol. The van der Waals surface area contributed by atoms with Gasteiger partial charge in [0.1, 0.15) is 6.04 Å². The van der Waals surface area contributed by atoms with Gasteiger partial charge in [0, 0.05) is 18.2 Å². The minimum Gasteiger partial charge on any atom is -0.396 e. The van der Waals surface area contributed by atoms with Crippen molar-refractivity contribution in [3.63, 3.8) is 0 Å². The highest BCUT2D eigenvalue weighted by atomic mass is 16.3. The van der Waals surface area contributed by atoms with Crippen molar-refractivity contribution in [2.75, 3.05) is 6.61 Å². The fourth-order valence-corrected chi connectivity index (χ4v) is 2.38. The molecule has 5 heteroatoms. The molecule has 0 aliphatic heterocycles. The van der Waals surface area contributed by atoms with Crippen LogP contribution < -0.4 is 10.6 Å². The van der Waals surface area contributed by atoms with Crippen molar-refractivity contribution in [2.45, 2.75) is 52.6 Å². The Morgan fingerprint density at radius 1 is 1.13 bits per heavy atom. The van der Waals surface area contributed by atoms with Gasteiger partial charge in [-0.3, -0.25) is 9.59 Å². The van der Waals surface area contributed by atoms with Gasteiger partial charge in [-0.1, -0.05) is 32.0 Å². The number of carbonyl (C=O) groups is 2. The van der Waals surface area contributed by atoms with Gasteiger partial charge in [-0.15, -0.1) is 0 Å².